The number of nitrogens with one attached hydrogen (secondary N) is 1. The van der Waals surface area contributed by atoms with Crippen LogP contribution in [0.4, 0.5) is 5.82 Å². The first-order valence-corrected chi connectivity index (χ1v) is 6.66. The summed E-state index contributed by atoms with van der Waals surface area (Å²) in [6.45, 7) is 3.60. The highest BCUT2D eigenvalue weighted by Crippen LogP contribution is 2.26. The molecule has 0 radical (unpaired) electrons. The fourth-order valence-electron chi connectivity index (χ4n) is 2.47. The Balaban J connectivity index is 0.00000161. The molecule has 0 amide bonds. The molecule has 0 saturated carbocycles. The molecule has 110 valence electrons. The van der Waals surface area contributed by atoms with Crippen molar-refractivity contribution >= 4 is 29.1 Å². The van der Waals surface area contributed by atoms with Gasteiger partial charge in [0.2, 0.25) is 0 Å². The Morgan fingerprint density at radius 2 is 2.05 bits per heavy atom. The lowest BCUT2D eigenvalue weighted by Gasteiger charge is -2.29. The third kappa shape index (κ3) is 3.02. The number of halogens is 1. The minimum absolute atomic E-state index is 0. The summed E-state index contributed by atoms with van der Waals surface area (Å²) >= 11 is 0. The fraction of sp³-hybridized carbons (Fsp3) is 0.333. The van der Waals surface area contributed by atoms with Crippen molar-refractivity contribution in [3.8, 4) is 11.8 Å². The summed E-state index contributed by atoms with van der Waals surface area (Å²) in [7, 11) is 1.63. The molecule has 5 nitrogen and oxygen atoms in total. The maximum atomic E-state index is 9.37. The predicted octanol–water partition coefficient (Wildman–Crippen LogP) is 1.95. The van der Waals surface area contributed by atoms with Crippen molar-refractivity contribution in [1.29, 1.82) is 5.26 Å². The van der Waals surface area contributed by atoms with Gasteiger partial charge in [0.25, 0.3) is 0 Å². The maximum Gasteiger partial charge on any atom is 0.147 e. The highest BCUT2D eigenvalue weighted by Gasteiger charge is 2.16. The molecule has 21 heavy (non-hydrogen) atoms. The molecule has 0 unspecified atom stereocenters. The summed E-state index contributed by atoms with van der Waals surface area (Å²) in [5.74, 6) is 1.56. The van der Waals surface area contributed by atoms with Crippen molar-refractivity contribution in [2.45, 2.75) is 0 Å². The molecule has 0 spiro atoms. The molecule has 0 aliphatic carbocycles. The maximum absolute atomic E-state index is 9.37. The Kier molecular flexibility index (Phi) is 4.84. The number of piperazine rings is 1. The number of aromatic nitrogens is 1. The SMILES string of the molecule is COc1ccc2nc(N3CCNCC3)c(C#N)cc2c1.Cl. The molecule has 1 aromatic heterocycles. The van der Waals surface area contributed by atoms with Crippen LogP contribution in [0.5, 0.6) is 5.75 Å². The third-order valence-corrected chi connectivity index (χ3v) is 3.54. The molecule has 1 saturated heterocycles. The van der Waals surface area contributed by atoms with Gasteiger partial charge in [-0.2, -0.15) is 5.26 Å². The Bertz CT molecular complexity index is 677. The Labute approximate surface area is 129 Å². The third-order valence-electron chi connectivity index (χ3n) is 3.54. The van der Waals surface area contributed by atoms with Crippen molar-refractivity contribution < 1.29 is 4.74 Å². The van der Waals surface area contributed by atoms with Crippen molar-refractivity contribution in [1.82, 2.24) is 10.3 Å². The molecule has 1 aliphatic rings. The number of hydrogen-bond acceptors (Lipinski definition) is 5. The largest absolute Gasteiger partial charge is 0.497 e. The van der Waals surface area contributed by atoms with E-state index in [1.165, 1.54) is 0 Å². The van der Waals surface area contributed by atoms with Gasteiger partial charge in [-0.15, -0.1) is 12.4 Å². The Hall–Kier alpha value is -2.03. The lowest BCUT2D eigenvalue weighted by molar-refractivity contribution is 0.415. The smallest absolute Gasteiger partial charge is 0.147 e. The molecule has 2 aromatic rings. The number of methoxy groups -OCH3 is 1. The summed E-state index contributed by atoms with van der Waals surface area (Å²) in [6.07, 6.45) is 0. The number of rotatable bonds is 2. The second-order valence-corrected chi connectivity index (χ2v) is 4.77. The Morgan fingerprint density at radius 3 is 2.71 bits per heavy atom. The van der Waals surface area contributed by atoms with E-state index in [0.717, 1.165) is 48.6 Å². The number of nitrogens with zero attached hydrogens (tertiary/aromatic N) is 3. The van der Waals surface area contributed by atoms with Crippen LogP contribution in [0.2, 0.25) is 0 Å². The van der Waals surface area contributed by atoms with E-state index in [1.54, 1.807) is 7.11 Å². The lowest BCUT2D eigenvalue weighted by atomic mass is 10.1. The van der Waals surface area contributed by atoms with Crippen molar-refractivity contribution in [3.63, 3.8) is 0 Å². The van der Waals surface area contributed by atoms with Crippen LogP contribution in [-0.4, -0.2) is 38.3 Å². The van der Waals surface area contributed by atoms with Crippen LogP contribution >= 0.6 is 12.4 Å². The van der Waals surface area contributed by atoms with Crippen molar-refractivity contribution in [3.05, 3.63) is 29.8 Å². The van der Waals surface area contributed by atoms with Gasteiger partial charge in [-0.05, 0) is 24.3 Å². The molecule has 2 heterocycles. The molecule has 3 rings (SSSR count). The molecule has 0 bridgehead atoms. The molecule has 0 atom stereocenters. The normalized spacial score (nSPS) is 14.4. The number of pyridine rings is 1. The van der Waals surface area contributed by atoms with E-state index in [2.05, 4.69) is 21.3 Å². The van der Waals surface area contributed by atoms with Crippen LogP contribution in [0.15, 0.2) is 24.3 Å². The van der Waals surface area contributed by atoms with Crippen LogP contribution in [0, 0.1) is 11.3 Å². The summed E-state index contributed by atoms with van der Waals surface area (Å²) < 4.78 is 5.21. The van der Waals surface area contributed by atoms with Gasteiger partial charge in [0.1, 0.15) is 17.6 Å². The average Bonchev–Trinajstić information content (AvgIpc) is 2.53. The van der Waals surface area contributed by atoms with E-state index in [4.69, 9.17) is 4.74 Å². The minimum atomic E-state index is 0. The predicted molar refractivity (Wildman–Crippen MR) is 85.3 cm³/mol. The molecular weight excluding hydrogens is 288 g/mol. The molecule has 6 heteroatoms. The molecule has 1 N–H and O–H groups in total. The first-order valence-electron chi connectivity index (χ1n) is 6.66. The first-order chi connectivity index (χ1) is 9.81. The summed E-state index contributed by atoms with van der Waals surface area (Å²) in [5, 5.41) is 13.6. The van der Waals surface area contributed by atoms with Gasteiger partial charge in [0.15, 0.2) is 0 Å². The van der Waals surface area contributed by atoms with Gasteiger partial charge in [-0.1, -0.05) is 0 Å². The zero-order chi connectivity index (χ0) is 13.9. The van der Waals surface area contributed by atoms with Crippen LogP contribution in [-0.2, 0) is 0 Å². The topological polar surface area (TPSA) is 61.2 Å². The summed E-state index contributed by atoms with van der Waals surface area (Å²) in [5.41, 5.74) is 1.51. The first kappa shape index (κ1) is 15.4. The molecule has 1 aromatic carbocycles. The molecular formula is C15H17ClN4O. The van der Waals surface area contributed by atoms with Crippen molar-refractivity contribution in [2.75, 3.05) is 38.2 Å². The van der Waals surface area contributed by atoms with E-state index >= 15 is 0 Å². The highest BCUT2D eigenvalue weighted by atomic mass is 35.5. The number of ether oxygens (including phenoxy) is 1. The van der Waals surface area contributed by atoms with Gasteiger partial charge >= 0.3 is 0 Å². The van der Waals surface area contributed by atoms with Crippen LogP contribution in [0.3, 0.4) is 0 Å². The van der Waals surface area contributed by atoms with Gasteiger partial charge in [-0.25, -0.2) is 4.98 Å². The average molecular weight is 305 g/mol. The highest BCUT2D eigenvalue weighted by molar-refractivity contribution is 5.85. The van der Waals surface area contributed by atoms with Crippen LogP contribution in [0.1, 0.15) is 5.56 Å². The number of nitriles is 1. The molecule has 1 fully saturated rings. The zero-order valence-corrected chi connectivity index (χ0v) is 12.6. The number of fused-ring (bicyclic) bond motifs is 1. The van der Waals surface area contributed by atoms with Gasteiger partial charge < -0.3 is 15.0 Å². The minimum Gasteiger partial charge on any atom is -0.497 e. The standard InChI is InChI=1S/C15H16N4O.ClH/c1-20-13-2-3-14-11(9-13)8-12(10-16)15(18-14)19-6-4-17-5-7-19;/h2-3,8-9,17H,4-7H2,1H3;1H. The van der Waals surface area contributed by atoms with E-state index in [-0.39, 0.29) is 12.4 Å². The van der Waals surface area contributed by atoms with Crippen LogP contribution < -0.4 is 15.0 Å². The monoisotopic (exact) mass is 304 g/mol. The van der Waals surface area contributed by atoms with Crippen LogP contribution in [0.25, 0.3) is 10.9 Å². The van der Waals surface area contributed by atoms with Gasteiger partial charge in [0.05, 0.1) is 18.2 Å². The quantitative estimate of drug-likeness (QED) is 0.919. The van der Waals surface area contributed by atoms with E-state index in [9.17, 15) is 5.26 Å². The summed E-state index contributed by atoms with van der Waals surface area (Å²) in [6, 6.07) is 9.88. The van der Waals surface area contributed by atoms with Crippen molar-refractivity contribution in [2.24, 2.45) is 0 Å². The van der Waals surface area contributed by atoms with E-state index < -0.39 is 0 Å². The lowest BCUT2D eigenvalue weighted by Crippen LogP contribution is -2.44. The second-order valence-electron chi connectivity index (χ2n) is 4.77. The van der Waals surface area contributed by atoms with E-state index in [1.807, 2.05) is 24.3 Å². The zero-order valence-electron chi connectivity index (χ0n) is 11.8. The number of hydrogen-bond donors (Lipinski definition) is 1. The van der Waals surface area contributed by atoms with E-state index in [0.29, 0.717) is 5.56 Å². The van der Waals surface area contributed by atoms with Gasteiger partial charge in [0, 0.05) is 31.6 Å². The second kappa shape index (κ2) is 6.61. The summed E-state index contributed by atoms with van der Waals surface area (Å²) in [4.78, 5) is 6.83. The molecule has 1 aliphatic heterocycles. The van der Waals surface area contributed by atoms with Gasteiger partial charge in [-0.3, -0.25) is 0 Å². The number of benzene rings is 1. The number of anilines is 1. The Morgan fingerprint density at radius 1 is 1.29 bits per heavy atom. The fourth-order valence-corrected chi connectivity index (χ4v) is 2.47.